The van der Waals surface area contributed by atoms with Gasteiger partial charge in [0.1, 0.15) is 5.69 Å². The molecule has 0 fully saturated rings. The summed E-state index contributed by atoms with van der Waals surface area (Å²) in [6.07, 6.45) is 1.58. The van der Waals surface area contributed by atoms with Crippen molar-refractivity contribution in [3.05, 3.63) is 46.4 Å². The van der Waals surface area contributed by atoms with Gasteiger partial charge in [0.25, 0.3) is 5.91 Å². The van der Waals surface area contributed by atoms with Crippen LogP contribution in [0.15, 0.2) is 35.8 Å². The summed E-state index contributed by atoms with van der Waals surface area (Å²) in [5.74, 6) is -0.518. The summed E-state index contributed by atoms with van der Waals surface area (Å²) < 4.78 is 0. The van der Waals surface area contributed by atoms with E-state index in [0.717, 1.165) is 12.2 Å². The molecule has 2 aromatic rings. The molecule has 0 aliphatic rings. The van der Waals surface area contributed by atoms with Gasteiger partial charge in [-0.25, -0.2) is 0 Å². The number of carbonyl (C=O) groups is 1. The number of primary amides is 1. The van der Waals surface area contributed by atoms with Gasteiger partial charge in [0.15, 0.2) is 0 Å². The normalized spacial score (nSPS) is 12.3. The number of likely N-dealkylation sites (N-methyl/N-ethyl adjacent to an activating group) is 1. The molecule has 0 aliphatic heterocycles. The molecular weight excluding hydrogens is 272 g/mol. The van der Waals surface area contributed by atoms with E-state index in [9.17, 15) is 4.79 Å². The largest absolute Gasteiger partial charge is 0.383 e. The zero-order valence-corrected chi connectivity index (χ0v) is 12.4. The van der Waals surface area contributed by atoms with Crippen LogP contribution in [0.2, 0.25) is 0 Å². The van der Waals surface area contributed by atoms with Crippen LogP contribution in [-0.4, -0.2) is 36.4 Å². The van der Waals surface area contributed by atoms with Crippen molar-refractivity contribution in [3.63, 3.8) is 0 Å². The fraction of sp³-hybridized carbons (Fsp3) is 0.286. The molecule has 1 unspecified atom stereocenters. The minimum absolute atomic E-state index is 0.271. The van der Waals surface area contributed by atoms with Gasteiger partial charge in [-0.3, -0.25) is 9.78 Å². The van der Waals surface area contributed by atoms with Crippen LogP contribution in [0.1, 0.15) is 21.4 Å². The van der Waals surface area contributed by atoms with E-state index in [1.807, 2.05) is 26.2 Å². The fourth-order valence-corrected chi connectivity index (χ4v) is 2.83. The fourth-order valence-electron chi connectivity index (χ4n) is 1.91. The first kappa shape index (κ1) is 14.5. The Morgan fingerprint density at radius 2 is 2.30 bits per heavy atom. The van der Waals surface area contributed by atoms with Crippen LogP contribution in [0.5, 0.6) is 0 Å². The van der Waals surface area contributed by atoms with Crippen molar-refractivity contribution in [2.24, 2.45) is 5.73 Å². The van der Waals surface area contributed by atoms with Crippen LogP contribution in [0.25, 0.3) is 0 Å². The number of hydrogen-bond acceptors (Lipinski definition) is 5. The van der Waals surface area contributed by atoms with Crippen molar-refractivity contribution >= 4 is 22.9 Å². The number of anilines is 1. The smallest absolute Gasteiger partial charge is 0.267 e. The average Bonchev–Trinajstić information content (AvgIpc) is 2.93. The Hall–Kier alpha value is -1.92. The minimum atomic E-state index is -0.518. The van der Waals surface area contributed by atoms with Gasteiger partial charge in [-0.2, -0.15) is 0 Å². The van der Waals surface area contributed by atoms with Crippen molar-refractivity contribution in [1.29, 1.82) is 0 Å². The maximum absolute atomic E-state index is 11.1. The lowest BCUT2D eigenvalue weighted by Gasteiger charge is -2.24. The topological polar surface area (TPSA) is 71.2 Å². The summed E-state index contributed by atoms with van der Waals surface area (Å²) in [6.45, 7) is 0.746. The predicted molar refractivity (Wildman–Crippen MR) is 82.0 cm³/mol. The van der Waals surface area contributed by atoms with Gasteiger partial charge in [-0.15, -0.1) is 11.3 Å². The van der Waals surface area contributed by atoms with Crippen molar-refractivity contribution in [2.75, 3.05) is 26.0 Å². The second kappa shape index (κ2) is 6.49. The molecule has 2 rings (SSSR count). The number of hydrogen-bond donors (Lipinski definition) is 2. The molecule has 20 heavy (non-hydrogen) atoms. The van der Waals surface area contributed by atoms with Gasteiger partial charge >= 0.3 is 0 Å². The first-order valence-corrected chi connectivity index (χ1v) is 7.15. The number of aromatic nitrogens is 1. The van der Waals surface area contributed by atoms with E-state index in [2.05, 4.69) is 26.6 Å². The molecule has 2 heterocycles. The molecule has 106 valence electrons. The second-order valence-electron chi connectivity index (χ2n) is 4.67. The van der Waals surface area contributed by atoms with E-state index < -0.39 is 5.91 Å². The Morgan fingerprint density at radius 1 is 1.50 bits per heavy atom. The monoisotopic (exact) mass is 290 g/mol. The number of nitrogens with two attached hydrogens (primary N) is 1. The Kier molecular flexibility index (Phi) is 4.70. The van der Waals surface area contributed by atoms with E-state index in [1.165, 1.54) is 4.88 Å². The molecule has 0 bridgehead atoms. The van der Waals surface area contributed by atoms with Crippen LogP contribution in [0.4, 0.5) is 5.69 Å². The molecule has 0 saturated heterocycles. The molecular formula is C14H18N4OS. The van der Waals surface area contributed by atoms with Gasteiger partial charge in [-0.1, -0.05) is 6.07 Å². The third kappa shape index (κ3) is 3.55. The van der Waals surface area contributed by atoms with Gasteiger partial charge in [-0.05, 0) is 37.7 Å². The molecule has 3 N–H and O–H groups in total. The molecule has 0 spiro atoms. The first-order valence-electron chi connectivity index (χ1n) is 6.27. The predicted octanol–water partition coefficient (Wildman–Crippen LogP) is 1.96. The lowest BCUT2D eigenvalue weighted by molar-refractivity contribution is 0.0995. The summed E-state index contributed by atoms with van der Waals surface area (Å²) in [7, 11) is 4.10. The van der Waals surface area contributed by atoms with Crippen molar-refractivity contribution in [3.8, 4) is 0 Å². The van der Waals surface area contributed by atoms with Crippen molar-refractivity contribution in [1.82, 2.24) is 9.88 Å². The van der Waals surface area contributed by atoms with Crippen LogP contribution >= 0.6 is 11.3 Å². The number of nitrogens with one attached hydrogen (secondary N) is 1. The highest BCUT2D eigenvalue weighted by atomic mass is 32.1. The average molecular weight is 290 g/mol. The van der Waals surface area contributed by atoms with Crippen LogP contribution < -0.4 is 11.1 Å². The molecule has 5 nitrogen and oxygen atoms in total. The highest BCUT2D eigenvalue weighted by Crippen LogP contribution is 2.23. The first-order chi connectivity index (χ1) is 9.58. The summed E-state index contributed by atoms with van der Waals surface area (Å²) in [6, 6.07) is 7.95. The number of carbonyl (C=O) groups excluding carboxylic acids is 1. The van der Waals surface area contributed by atoms with Crippen LogP contribution in [-0.2, 0) is 0 Å². The molecule has 0 radical (unpaired) electrons. The molecule has 1 atom stereocenters. The Labute approximate surface area is 122 Å². The van der Waals surface area contributed by atoms with E-state index in [1.54, 1.807) is 23.6 Å². The summed E-state index contributed by atoms with van der Waals surface area (Å²) in [4.78, 5) is 18.5. The maximum Gasteiger partial charge on any atom is 0.267 e. The maximum atomic E-state index is 11.1. The Balaban J connectivity index is 2.06. The number of pyridine rings is 1. The number of nitrogens with zero attached hydrogens (tertiary/aromatic N) is 2. The Bertz CT molecular complexity index is 568. The molecule has 6 heteroatoms. The number of rotatable bonds is 6. The lowest BCUT2D eigenvalue weighted by atomic mass is 10.2. The molecule has 1 amide bonds. The molecule has 0 aromatic carbocycles. The number of thiophene rings is 1. The van der Waals surface area contributed by atoms with Gasteiger partial charge in [0.05, 0.1) is 6.04 Å². The van der Waals surface area contributed by atoms with Crippen LogP contribution in [0, 0.1) is 0 Å². The summed E-state index contributed by atoms with van der Waals surface area (Å²) in [5, 5.41) is 5.40. The summed E-state index contributed by atoms with van der Waals surface area (Å²) in [5.41, 5.74) is 6.34. The zero-order valence-electron chi connectivity index (χ0n) is 11.5. The summed E-state index contributed by atoms with van der Waals surface area (Å²) >= 11 is 1.73. The third-order valence-electron chi connectivity index (χ3n) is 3.01. The quantitative estimate of drug-likeness (QED) is 0.853. The third-order valence-corrected chi connectivity index (χ3v) is 3.98. The highest BCUT2D eigenvalue weighted by Gasteiger charge is 2.15. The molecule has 2 aromatic heterocycles. The standard InChI is InChI=1S/C14H18N4OS/c1-18(2)12(13-4-3-7-20-13)9-17-10-5-6-16-11(8-10)14(15)19/h3-8,12H,9H2,1-2H3,(H2,15,19)(H,16,17). The Morgan fingerprint density at radius 3 is 2.90 bits per heavy atom. The van der Waals surface area contributed by atoms with Crippen molar-refractivity contribution in [2.45, 2.75) is 6.04 Å². The van der Waals surface area contributed by atoms with Crippen molar-refractivity contribution < 1.29 is 4.79 Å². The second-order valence-corrected chi connectivity index (χ2v) is 5.65. The molecule has 0 aliphatic carbocycles. The molecule has 0 saturated carbocycles. The van der Waals surface area contributed by atoms with E-state index in [-0.39, 0.29) is 11.7 Å². The van der Waals surface area contributed by atoms with E-state index in [4.69, 9.17) is 5.73 Å². The number of amides is 1. The van der Waals surface area contributed by atoms with Gasteiger partial charge < -0.3 is 16.0 Å². The van der Waals surface area contributed by atoms with Crippen LogP contribution in [0.3, 0.4) is 0 Å². The van der Waals surface area contributed by atoms with E-state index in [0.29, 0.717) is 0 Å². The minimum Gasteiger partial charge on any atom is -0.383 e. The van der Waals surface area contributed by atoms with E-state index >= 15 is 0 Å². The zero-order chi connectivity index (χ0) is 14.5. The lowest BCUT2D eigenvalue weighted by Crippen LogP contribution is -2.26. The van der Waals surface area contributed by atoms with Gasteiger partial charge in [0, 0.05) is 23.3 Å². The van der Waals surface area contributed by atoms with Gasteiger partial charge in [0.2, 0.25) is 0 Å². The SMILES string of the molecule is CN(C)C(CNc1ccnc(C(N)=O)c1)c1cccs1. The highest BCUT2D eigenvalue weighted by molar-refractivity contribution is 7.10.